The Bertz CT molecular complexity index is 653. The fourth-order valence-electron chi connectivity index (χ4n) is 2.32. The summed E-state index contributed by atoms with van der Waals surface area (Å²) in [6.45, 7) is 3.05. The SMILES string of the molecule is CC(CCc1ccc(OCCOc2cccc(F)c2)cc1)COP(O)O.CO. The maximum Gasteiger partial charge on any atom is 0.327 e. The zero-order valence-electron chi connectivity index (χ0n) is 16.1. The highest BCUT2D eigenvalue weighted by molar-refractivity contribution is 7.39. The van der Waals surface area contributed by atoms with Gasteiger partial charge in [0.25, 0.3) is 0 Å². The second-order valence-corrected chi connectivity index (χ2v) is 6.75. The van der Waals surface area contributed by atoms with Gasteiger partial charge in [-0.3, -0.25) is 0 Å². The van der Waals surface area contributed by atoms with Gasteiger partial charge in [-0.2, -0.15) is 0 Å². The number of hydrogen-bond acceptors (Lipinski definition) is 6. The normalized spacial score (nSPS) is 11.5. The van der Waals surface area contributed by atoms with Crippen LogP contribution < -0.4 is 9.47 Å². The van der Waals surface area contributed by atoms with Crippen molar-refractivity contribution in [2.24, 2.45) is 5.92 Å². The monoisotopic (exact) mass is 414 g/mol. The predicted octanol–water partition coefficient (Wildman–Crippen LogP) is 3.69. The van der Waals surface area contributed by atoms with Gasteiger partial charge in [-0.05, 0) is 48.6 Å². The molecule has 0 bridgehead atoms. The molecule has 28 heavy (non-hydrogen) atoms. The molecule has 0 aliphatic carbocycles. The van der Waals surface area contributed by atoms with Gasteiger partial charge in [0.05, 0.1) is 6.61 Å². The van der Waals surface area contributed by atoms with E-state index >= 15 is 0 Å². The molecule has 1 unspecified atom stereocenters. The Hall–Kier alpha value is -1.76. The Morgan fingerprint density at radius 2 is 1.61 bits per heavy atom. The molecule has 0 aromatic heterocycles. The van der Waals surface area contributed by atoms with Crippen molar-refractivity contribution in [3.8, 4) is 11.5 Å². The third kappa shape index (κ3) is 10.5. The molecule has 2 rings (SSSR count). The molecule has 6 nitrogen and oxygen atoms in total. The van der Waals surface area contributed by atoms with Crippen molar-refractivity contribution in [2.75, 3.05) is 26.9 Å². The van der Waals surface area contributed by atoms with Gasteiger partial charge in [0.1, 0.15) is 30.5 Å². The van der Waals surface area contributed by atoms with E-state index in [0.717, 1.165) is 25.7 Å². The molecule has 2 aromatic rings. The molecule has 8 heteroatoms. The van der Waals surface area contributed by atoms with E-state index in [4.69, 9.17) is 28.9 Å². The quantitative estimate of drug-likeness (QED) is 0.384. The molecule has 3 N–H and O–H groups in total. The van der Waals surface area contributed by atoms with E-state index in [-0.39, 0.29) is 11.7 Å². The number of benzene rings is 2. The molecule has 0 saturated carbocycles. The molecule has 0 spiro atoms. The first kappa shape index (κ1) is 24.3. The van der Waals surface area contributed by atoms with E-state index in [1.807, 2.05) is 31.2 Å². The highest BCUT2D eigenvalue weighted by Crippen LogP contribution is 2.26. The second kappa shape index (κ2) is 14.3. The molecule has 1 atom stereocenters. The first-order chi connectivity index (χ1) is 13.5. The van der Waals surface area contributed by atoms with Gasteiger partial charge >= 0.3 is 8.60 Å². The first-order valence-electron chi connectivity index (χ1n) is 8.88. The number of rotatable bonds is 11. The largest absolute Gasteiger partial charge is 0.490 e. The summed E-state index contributed by atoms with van der Waals surface area (Å²) in [7, 11) is -1.27. The van der Waals surface area contributed by atoms with Crippen LogP contribution in [0.15, 0.2) is 48.5 Å². The molecule has 0 fully saturated rings. The number of aliphatic hydroxyl groups excluding tert-OH is 1. The van der Waals surface area contributed by atoms with Crippen molar-refractivity contribution in [3.63, 3.8) is 0 Å². The summed E-state index contributed by atoms with van der Waals surface area (Å²) in [4.78, 5) is 17.5. The van der Waals surface area contributed by atoms with Crippen molar-refractivity contribution < 1.29 is 33.3 Å². The van der Waals surface area contributed by atoms with Crippen LogP contribution >= 0.6 is 8.60 Å². The van der Waals surface area contributed by atoms with Gasteiger partial charge in [-0.1, -0.05) is 25.1 Å². The van der Waals surface area contributed by atoms with Crippen LogP contribution in [0.3, 0.4) is 0 Å². The molecule has 0 heterocycles. The number of halogens is 1. The van der Waals surface area contributed by atoms with E-state index in [9.17, 15) is 4.39 Å². The number of aliphatic hydroxyl groups is 1. The first-order valence-corrected chi connectivity index (χ1v) is 10.0. The maximum atomic E-state index is 13.0. The van der Waals surface area contributed by atoms with Crippen LogP contribution in [0.4, 0.5) is 4.39 Å². The van der Waals surface area contributed by atoms with Crippen molar-refractivity contribution >= 4 is 8.60 Å². The molecule has 156 valence electrons. The molecule has 0 saturated heterocycles. The summed E-state index contributed by atoms with van der Waals surface area (Å²) in [5.74, 6) is 1.15. The van der Waals surface area contributed by atoms with E-state index in [2.05, 4.69) is 0 Å². The highest BCUT2D eigenvalue weighted by Gasteiger charge is 2.07. The molecular formula is C20H28FO6P. The average molecular weight is 414 g/mol. The number of ether oxygens (including phenoxy) is 2. The van der Waals surface area contributed by atoms with Crippen LogP contribution in [0.1, 0.15) is 18.9 Å². The van der Waals surface area contributed by atoms with E-state index in [1.54, 1.807) is 12.1 Å². The Morgan fingerprint density at radius 3 is 2.21 bits per heavy atom. The lowest BCUT2D eigenvalue weighted by atomic mass is 10.0. The summed E-state index contributed by atoms with van der Waals surface area (Å²) in [5, 5.41) is 7.00. The fourth-order valence-corrected chi connectivity index (χ4v) is 2.71. The average Bonchev–Trinajstić information content (AvgIpc) is 2.70. The Morgan fingerprint density at radius 1 is 0.964 bits per heavy atom. The van der Waals surface area contributed by atoms with Crippen molar-refractivity contribution in [1.82, 2.24) is 0 Å². The van der Waals surface area contributed by atoms with Crippen LogP contribution in [-0.4, -0.2) is 41.8 Å². The zero-order chi connectivity index (χ0) is 20.8. The lowest BCUT2D eigenvalue weighted by Gasteiger charge is -2.12. The second-order valence-electron chi connectivity index (χ2n) is 5.99. The summed E-state index contributed by atoms with van der Waals surface area (Å²) in [5.41, 5.74) is 1.18. The summed E-state index contributed by atoms with van der Waals surface area (Å²) < 4.78 is 28.9. The van der Waals surface area contributed by atoms with Crippen LogP contribution in [0.25, 0.3) is 0 Å². The van der Waals surface area contributed by atoms with Crippen LogP contribution in [0.5, 0.6) is 11.5 Å². The number of hydrogen-bond donors (Lipinski definition) is 3. The summed E-state index contributed by atoms with van der Waals surface area (Å²) in [6.07, 6.45) is 1.77. The van der Waals surface area contributed by atoms with Gasteiger partial charge in [-0.15, -0.1) is 0 Å². The molecule has 0 aliphatic rings. The smallest absolute Gasteiger partial charge is 0.327 e. The lowest BCUT2D eigenvalue weighted by Crippen LogP contribution is -2.09. The predicted molar refractivity (Wildman–Crippen MR) is 107 cm³/mol. The zero-order valence-corrected chi connectivity index (χ0v) is 17.0. The van der Waals surface area contributed by atoms with E-state index in [0.29, 0.717) is 25.6 Å². The Labute approximate surface area is 166 Å². The minimum absolute atomic E-state index is 0.246. The van der Waals surface area contributed by atoms with Crippen molar-refractivity contribution in [1.29, 1.82) is 0 Å². The van der Waals surface area contributed by atoms with Gasteiger partial charge in [-0.25, -0.2) is 4.39 Å². The molecule has 0 amide bonds. The number of aryl methyl sites for hydroxylation is 1. The maximum absolute atomic E-state index is 13.0. The van der Waals surface area contributed by atoms with Crippen LogP contribution in [0, 0.1) is 11.7 Å². The Balaban J connectivity index is 0.00000190. The van der Waals surface area contributed by atoms with Crippen molar-refractivity contribution in [2.45, 2.75) is 19.8 Å². The summed E-state index contributed by atoms with van der Waals surface area (Å²) in [6, 6.07) is 13.8. The van der Waals surface area contributed by atoms with Gasteiger partial charge < -0.3 is 28.9 Å². The molecular weight excluding hydrogens is 386 g/mol. The summed E-state index contributed by atoms with van der Waals surface area (Å²) >= 11 is 0. The standard InChI is InChI=1S/C19H24FO5P.CH4O/c1-15(14-25-26(21)22)5-6-16-7-9-18(10-8-16)23-11-12-24-19-4-2-3-17(20)13-19;1-2/h2-4,7-10,13,15,21-22H,5-6,11-12,14H2,1H3;2H,1H3. The highest BCUT2D eigenvalue weighted by atomic mass is 31.2. The topological polar surface area (TPSA) is 88.4 Å². The van der Waals surface area contributed by atoms with Gasteiger partial charge in [0, 0.05) is 13.2 Å². The third-order valence-electron chi connectivity index (χ3n) is 3.74. The molecule has 2 aromatic carbocycles. The van der Waals surface area contributed by atoms with Crippen LogP contribution in [-0.2, 0) is 10.9 Å². The Kier molecular flexibility index (Phi) is 12.4. The minimum atomic E-state index is -2.27. The van der Waals surface area contributed by atoms with Crippen LogP contribution in [0.2, 0.25) is 0 Å². The minimum Gasteiger partial charge on any atom is -0.490 e. The van der Waals surface area contributed by atoms with Gasteiger partial charge in [0.15, 0.2) is 0 Å². The molecule has 0 aliphatic heterocycles. The van der Waals surface area contributed by atoms with Gasteiger partial charge in [0.2, 0.25) is 0 Å². The van der Waals surface area contributed by atoms with Crippen molar-refractivity contribution in [3.05, 3.63) is 59.9 Å². The fraction of sp³-hybridized carbons (Fsp3) is 0.400. The molecule has 0 radical (unpaired) electrons. The lowest BCUT2D eigenvalue weighted by molar-refractivity contribution is 0.214. The van der Waals surface area contributed by atoms with E-state index in [1.165, 1.54) is 17.7 Å². The third-order valence-corrected chi connectivity index (χ3v) is 4.12. The van der Waals surface area contributed by atoms with E-state index < -0.39 is 8.60 Å².